The van der Waals surface area contributed by atoms with E-state index in [0.717, 1.165) is 141 Å². The molecule has 0 amide bonds. The Labute approximate surface area is 616 Å². The summed E-state index contributed by atoms with van der Waals surface area (Å²) >= 11 is 0. The molecular formula is C98H64B2N4O2. The van der Waals surface area contributed by atoms with Crippen LogP contribution in [0.15, 0.2) is 388 Å². The highest BCUT2D eigenvalue weighted by Gasteiger charge is 2.47. The molecule has 0 unspecified atom stereocenters. The molecule has 0 aliphatic carbocycles. The van der Waals surface area contributed by atoms with Crippen LogP contribution in [0.2, 0.25) is 0 Å². The number of ether oxygens (including phenoxy) is 2. The Morgan fingerprint density at radius 1 is 0.226 bits per heavy atom. The summed E-state index contributed by atoms with van der Waals surface area (Å²) < 4.78 is 15.5. The van der Waals surface area contributed by atoms with Gasteiger partial charge in [0, 0.05) is 74.8 Å². The number of hydrogen-bond donors (Lipinski definition) is 0. The van der Waals surface area contributed by atoms with E-state index < -0.39 is 0 Å². The molecule has 17 aromatic rings. The second kappa shape index (κ2) is 25.0. The fourth-order valence-electron chi connectivity index (χ4n) is 17.5. The second-order valence-electron chi connectivity index (χ2n) is 27.7. The van der Waals surface area contributed by atoms with Crippen molar-refractivity contribution in [1.29, 1.82) is 0 Å². The van der Waals surface area contributed by atoms with Crippen LogP contribution in [0.25, 0.3) is 66.1 Å². The van der Waals surface area contributed by atoms with E-state index in [0.29, 0.717) is 0 Å². The second-order valence-corrected chi connectivity index (χ2v) is 27.7. The van der Waals surface area contributed by atoms with Gasteiger partial charge in [-0.3, -0.25) is 0 Å². The predicted molar refractivity (Wildman–Crippen MR) is 444 cm³/mol. The lowest BCUT2D eigenvalue weighted by Gasteiger charge is -2.43. The summed E-state index contributed by atoms with van der Waals surface area (Å²) in [4.78, 5) is 9.73. The first-order valence-corrected chi connectivity index (χ1v) is 36.4. The fraction of sp³-hybridized carbons (Fsp3) is 0. The topological polar surface area (TPSA) is 31.4 Å². The highest BCUT2D eigenvalue weighted by Crippen LogP contribution is 2.53. The van der Waals surface area contributed by atoms with E-state index in [1.54, 1.807) is 0 Å². The van der Waals surface area contributed by atoms with Gasteiger partial charge in [-0.2, -0.15) is 0 Å². The van der Waals surface area contributed by atoms with Crippen molar-refractivity contribution in [3.63, 3.8) is 0 Å². The highest BCUT2D eigenvalue weighted by atomic mass is 16.5. The molecule has 0 N–H and O–H groups in total. The average molecular weight is 1350 g/mol. The number of hydrogen-bond acceptors (Lipinski definition) is 6. The summed E-state index contributed by atoms with van der Waals surface area (Å²) in [5, 5.41) is 4.87. The molecule has 106 heavy (non-hydrogen) atoms. The van der Waals surface area contributed by atoms with Crippen LogP contribution < -0.4 is 61.9 Å². The van der Waals surface area contributed by atoms with Gasteiger partial charge in [-0.05, 0) is 173 Å². The molecule has 4 heterocycles. The summed E-state index contributed by atoms with van der Waals surface area (Å²) in [6, 6.07) is 141. The fourth-order valence-corrected chi connectivity index (χ4v) is 17.5. The lowest BCUT2D eigenvalue weighted by Crippen LogP contribution is -2.63. The van der Waals surface area contributed by atoms with E-state index in [1.807, 2.05) is 0 Å². The van der Waals surface area contributed by atoms with Gasteiger partial charge in [0.25, 0.3) is 13.4 Å². The van der Waals surface area contributed by atoms with Crippen molar-refractivity contribution in [3.05, 3.63) is 388 Å². The number of anilines is 12. The molecule has 4 aliphatic rings. The molecule has 0 saturated carbocycles. The Morgan fingerprint density at radius 2 is 0.575 bits per heavy atom. The highest BCUT2D eigenvalue weighted by molar-refractivity contribution is 7.02. The number of para-hydroxylation sites is 7. The van der Waals surface area contributed by atoms with Gasteiger partial charge in [0.05, 0.1) is 22.7 Å². The van der Waals surface area contributed by atoms with Crippen molar-refractivity contribution >= 4 is 136 Å². The molecule has 0 atom stereocenters. The van der Waals surface area contributed by atoms with Crippen molar-refractivity contribution in [2.45, 2.75) is 0 Å². The average Bonchev–Trinajstić information content (AvgIpc) is 0.726. The van der Waals surface area contributed by atoms with Gasteiger partial charge in [-0.1, -0.05) is 285 Å². The monoisotopic (exact) mass is 1350 g/mol. The minimum Gasteiger partial charge on any atom is -0.458 e. The van der Waals surface area contributed by atoms with E-state index in [1.165, 1.54) is 49.2 Å². The van der Waals surface area contributed by atoms with Crippen molar-refractivity contribution < 1.29 is 9.47 Å². The van der Waals surface area contributed by atoms with Crippen LogP contribution in [0.1, 0.15) is 0 Å². The van der Waals surface area contributed by atoms with E-state index in [9.17, 15) is 0 Å². The largest absolute Gasteiger partial charge is 0.458 e. The minimum absolute atomic E-state index is 0.213. The van der Waals surface area contributed by atoms with Crippen LogP contribution in [0.5, 0.6) is 23.0 Å². The molecule has 0 aromatic heterocycles. The number of nitrogens with zero attached hydrogens (tertiary/aromatic N) is 4. The first-order valence-electron chi connectivity index (χ1n) is 36.4. The van der Waals surface area contributed by atoms with Crippen molar-refractivity contribution in [1.82, 2.24) is 0 Å². The summed E-state index contributed by atoms with van der Waals surface area (Å²) in [5.74, 6) is 3.05. The first kappa shape index (κ1) is 60.9. The Kier molecular flexibility index (Phi) is 14.4. The van der Waals surface area contributed by atoms with Crippen molar-refractivity contribution in [3.8, 4) is 67.5 Å². The standard InChI is InChI=1S/C98H64B2N4O2/c1-7-31-65(32-8-1)75-43-23-27-51-85(75)104(86-52-28-24-44-76(86)66-33-9-2-10-34-66)74-60-90-98-94(62-74)106-92-64-91-83(99-81-49-25-29-53-87(81)102(71-41-17-6-18-42-71)89-59-73(61-93(105-91)97(89)99)101(69-37-13-4-14-38-69)70-39-15-5-16-40-70)63-84(92)100(98)82-50-26-30-54-88(82)103(90)72-57-55-68(56-58-72)96-79-47-21-19-45-77(79)95(67-35-11-3-12-36-67)78-46-20-22-48-80(78)96/h1-64H. The third kappa shape index (κ3) is 9.83. The molecular weight excluding hydrogens is 1290 g/mol. The zero-order chi connectivity index (χ0) is 69.8. The molecule has 0 fully saturated rings. The van der Waals surface area contributed by atoms with Crippen molar-refractivity contribution in [2.24, 2.45) is 0 Å². The van der Waals surface area contributed by atoms with Crippen LogP contribution in [-0.4, -0.2) is 13.4 Å². The number of benzene rings is 17. The third-order valence-electron chi connectivity index (χ3n) is 21.9. The van der Waals surface area contributed by atoms with Crippen molar-refractivity contribution in [2.75, 3.05) is 19.6 Å². The Hall–Kier alpha value is -13.8. The maximum atomic E-state index is 7.85. The van der Waals surface area contributed by atoms with Crippen LogP contribution in [-0.2, 0) is 0 Å². The van der Waals surface area contributed by atoms with E-state index in [-0.39, 0.29) is 13.4 Å². The SMILES string of the molecule is c1ccc(-c2ccccc2N(c2cc3c4c(c2)N(c2ccc(-c5c6ccccc6c(-c6ccccc6)c6ccccc56)cc2)c2ccccc2B4c2cc4c(cc2O3)Oc2cc(N(c3ccccc3)c3ccccc3)cc3c2B4c2ccccc2N3c2ccccc2)c2ccccc2-c2ccccc2)cc1. The van der Waals surface area contributed by atoms with Gasteiger partial charge in [-0.15, -0.1) is 0 Å². The Balaban J connectivity index is 0.795. The smallest absolute Gasteiger partial charge is 0.256 e. The molecule has 4 aliphatic heterocycles. The molecule has 6 nitrogen and oxygen atoms in total. The molecule has 21 rings (SSSR count). The van der Waals surface area contributed by atoms with Gasteiger partial charge in [0.15, 0.2) is 0 Å². The van der Waals surface area contributed by atoms with Crippen LogP contribution >= 0.6 is 0 Å². The lowest BCUT2D eigenvalue weighted by atomic mass is 9.31. The number of fused-ring (bicyclic) bond motifs is 10. The summed E-state index contributed by atoms with van der Waals surface area (Å²) in [7, 11) is 0. The lowest BCUT2D eigenvalue weighted by molar-refractivity contribution is 0.466. The minimum atomic E-state index is -0.268. The number of rotatable bonds is 12. The molecule has 494 valence electrons. The molecule has 0 spiro atoms. The Morgan fingerprint density at radius 3 is 1.03 bits per heavy atom. The zero-order valence-electron chi connectivity index (χ0n) is 57.7. The van der Waals surface area contributed by atoms with Crippen LogP contribution in [0, 0.1) is 0 Å². The normalized spacial score (nSPS) is 12.6. The van der Waals surface area contributed by atoms with Crippen LogP contribution in [0.4, 0.5) is 68.2 Å². The van der Waals surface area contributed by atoms with Gasteiger partial charge >= 0.3 is 0 Å². The first-order chi connectivity index (χ1) is 52.6. The Bertz CT molecular complexity index is 6130. The molecule has 17 aromatic carbocycles. The maximum absolute atomic E-state index is 7.85. The zero-order valence-corrected chi connectivity index (χ0v) is 57.7. The van der Waals surface area contributed by atoms with E-state index in [4.69, 9.17) is 9.47 Å². The third-order valence-corrected chi connectivity index (χ3v) is 21.9. The summed E-state index contributed by atoms with van der Waals surface area (Å²) in [5.41, 5.74) is 28.4. The molecule has 0 radical (unpaired) electrons. The van der Waals surface area contributed by atoms with Gasteiger partial charge in [-0.25, -0.2) is 0 Å². The molecule has 0 bridgehead atoms. The van der Waals surface area contributed by atoms with Gasteiger partial charge in [0.2, 0.25) is 0 Å². The maximum Gasteiger partial charge on any atom is 0.256 e. The van der Waals surface area contributed by atoms with Gasteiger partial charge < -0.3 is 29.1 Å². The molecule has 0 saturated heterocycles. The summed E-state index contributed by atoms with van der Waals surface area (Å²) in [6.45, 7) is -0.481. The predicted octanol–water partition coefficient (Wildman–Crippen LogP) is 22.4. The summed E-state index contributed by atoms with van der Waals surface area (Å²) in [6.07, 6.45) is 0. The molecule has 8 heteroatoms. The van der Waals surface area contributed by atoms with E-state index >= 15 is 0 Å². The van der Waals surface area contributed by atoms with Gasteiger partial charge in [0.1, 0.15) is 23.0 Å². The van der Waals surface area contributed by atoms with E-state index in [2.05, 4.69) is 408 Å². The quantitative estimate of drug-likeness (QED) is 0.0895. The van der Waals surface area contributed by atoms with Crippen LogP contribution in [0.3, 0.4) is 0 Å².